The number of amides is 1. The molecule has 0 aliphatic heterocycles. The molecule has 5 nitrogen and oxygen atoms in total. The minimum absolute atomic E-state index is 0.0115. The van der Waals surface area contributed by atoms with Crippen molar-refractivity contribution in [1.82, 2.24) is 5.32 Å². The maximum Gasteiger partial charge on any atom is 0.226 e. The number of allylic oxidation sites excluding steroid dienone is 2. The Kier molecular flexibility index (Phi) is 10.1. The van der Waals surface area contributed by atoms with E-state index in [1.54, 1.807) is 5.57 Å². The first-order chi connectivity index (χ1) is 21.1. The average molecular weight is 627 g/mol. The molecule has 0 aromatic heterocycles. The summed E-state index contributed by atoms with van der Waals surface area (Å²) < 4.78 is 0. The molecule has 1 amide bonds. The highest BCUT2D eigenvalue weighted by Gasteiger charge is 2.69. The SMILES string of the molecule is CC1(C)CC[C@]2(C(=O)NCCCCCCCCCCN)CC[C@]3(C)C(=CC[C@@H]4[C@@]5(C)C[C@@H](O)[C@H](O)C(C)(C)[C@@H]5CC[C@]43C)[C@@H]2C1. The summed E-state index contributed by atoms with van der Waals surface area (Å²) in [6.07, 6.45) is 20.5. The van der Waals surface area contributed by atoms with Gasteiger partial charge in [-0.15, -0.1) is 0 Å². The molecule has 45 heavy (non-hydrogen) atoms. The molecule has 5 N–H and O–H groups in total. The summed E-state index contributed by atoms with van der Waals surface area (Å²) in [5.41, 5.74) is 7.05. The van der Waals surface area contributed by atoms with Crippen LogP contribution < -0.4 is 11.1 Å². The standard InChI is InChI=1S/C40H70N2O3/c1-35(2)20-22-40(34(45)42-25-15-13-11-9-8-10-12-14-24-41)23-21-38(6)28(29(40)26-35)16-17-32-37(5)27-30(43)33(44)36(3,4)31(37)18-19-39(32,38)7/h16,29-33,43-44H,8-15,17-27,41H2,1-7H3,(H,42,45)/t29-,30+,31-,32+,33-,37-,38+,39+,40-/m0/s1. The number of nitrogens with two attached hydrogens (primary N) is 1. The fraction of sp³-hybridized carbons (Fsp3) is 0.925. The molecule has 0 heterocycles. The molecule has 0 bridgehead atoms. The van der Waals surface area contributed by atoms with Crippen LogP contribution in [-0.4, -0.2) is 41.4 Å². The Bertz CT molecular complexity index is 1100. The van der Waals surface area contributed by atoms with E-state index in [0.717, 1.165) is 70.9 Å². The van der Waals surface area contributed by atoms with Crippen LogP contribution in [0.15, 0.2) is 11.6 Å². The largest absolute Gasteiger partial charge is 0.390 e. The van der Waals surface area contributed by atoms with Gasteiger partial charge in [-0.1, -0.05) is 98.6 Å². The van der Waals surface area contributed by atoms with Crippen molar-refractivity contribution >= 4 is 5.91 Å². The lowest BCUT2D eigenvalue weighted by Crippen LogP contribution is -2.67. The minimum atomic E-state index is -0.662. The van der Waals surface area contributed by atoms with Gasteiger partial charge in [-0.3, -0.25) is 4.79 Å². The molecule has 4 fully saturated rings. The van der Waals surface area contributed by atoms with Crippen molar-refractivity contribution in [2.45, 2.75) is 170 Å². The van der Waals surface area contributed by atoms with Gasteiger partial charge in [-0.05, 0) is 122 Å². The van der Waals surface area contributed by atoms with Crippen molar-refractivity contribution in [2.75, 3.05) is 13.1 Å². The zero-order chi connectivity index (χ0) is 32.9. The van der Waals surface area contributed by atoms with Gasteiger partial charge < -0.3 is 21.3 Å². The first kappa shape index (κ1) is 35.4. The van der Waals surface area contributed by atoms with Gasteiger partial charge in [-0.2, -0.15) is 0 Å². The van der Waals surface area contributed by atoms with Crippen LogP contribution in [0.3, 0.4) is 0 Å². The lowest BCUT2D eigenvalue weighted by molar-refractivity contribution is -0.231. The van der Waals surface area contributed by atoms with E-state index in [-0.39, 0.29) is 32.5 Å². The number of aliphatic hydroxyl groups excluding tert-OH is 2. The van der Waals surface area contributed by atoms with Crippen LogP contribution in [0.25, 0.3) is 0 Å². The van der Waals surface area contributed by atoms with Crippen LogP contribution in [0.1, 0.15) is 158 Å². The van der Waals surface area contributed by atoms with Gasteiger partial charge in [0, 0.05) is 6.54 Å². The molecule has 5 aliphatic carbocycles. The Morgan fingerprint density at radius 2 is 1.44 bits per heavy atom. The van der Waals surface area contributed by atoms with Crippen LogP contribution in [0.2, 0.25) is 0 Å². The van der Waals surface area contributed by atoms with Crippen molar-refractivity contribution in [1.29, 1.82) is 0 Å². The van der Waals surface area contributed by atoms with Crippen molar-refractivity contribution < 1.29 is 15.0 Å². The Hall–Kier alpha value is -0.910. The second-order valence-electron chi connectivity index (χ2n) is 18.8. The van der Waals surface area contributed by atoms with E-state index in [4.69, 9.17) is 5.73 Å². The maximum atomic E-state index is 14.3. The zero-order valence-corrected chi connectivity index (χ0v) is 30.3. The topological polar surface area (TPSA) is 95.6 Å². The van der Waals surface area contributed by atoms with Gasteiger partial charge in [0.1, 0.15) is 0 Å². The molecule has 0 aromatic carbocycles. The third-order valence-electron chi connectivity index (χ3n) is 15.4. The summed E-state index contributed by atoms with van der Waals surface area (Å²) in [6, 6.07) is 0. The number of carbonyl (C=O) groups is 1. The lowest BCUT2D eigenvalue weighted by atomic mass is 9.33. The Labute approximate surface area is 276 Å². The molecule has 9 atom stereocenters. The van der Waals surface area contributed by atoms with E-state index in [0.29, 0.717) is 30.1 Å². The summed E-state index contributed by atoms with van der Waals surface area (Å²) in [5, 5.41) is 25.7. The zero-order valence-electron chi connectivity index (χ0n) is 30.3. The van der Waals surface area contributed by atoms with Crippen LogP contribution in [0, 0.1) is 50.2 Å². The molecule has 258 valence electrons. The molecule has 0 spiro atoms. The molecular formula is C40H70N2O3. The number of carbonyl (C=O) groups excluding carboxylic acids is 1. The summed E-state index contributed by atoms with van der Waals surface area (Å²) >= 11 is 0. The van der Waals surface area contributed by atoms with E-state index in [1.807, 2.05) is 0 Å². The third kappa shape index (κ3) is 5.90. The van der Waals surface area contributed by atoms with Crippen LogP contribution in [0.5, 0.6) is 0 Å². The predicted molar refractivity (Wildman–Crippen MR) is 185 cm³/mol. The molecule has 5 aliphatic rings. The van der Waals surface area contributed by atoms with E-state index in [2.05, 4.69) is 59.9 Å². The molecular weight excluding hydrogens is 556 g/mol. The predicted octanol–water partition coefficient (Wildman–Crippen LogP) is 8.32. The number of rotatable bonds is 11. The van der Waals surface area contributed by atoms with Gasteiger partial charge in [0.05, 0.1) is 17.6 Å². The summed E-state index contributed by atoms with van der Waals surface area (Å²) in [6.45, 7) is 18.4. The summed E-state index contributed by atoms with van der Waals surface area (Å²) in [7, 11) is 0. The second-order valence-corrected chi connectivity index (χ2v) is 18.8. The van der Waals surface area contributed by atoms with Crippen molar-refractivity contribution in [3.63, 3.8) is 0 Å². The Morgan fingerprint density at radius 1 is 0.822 bits per heavy atom. The third-order valence-corrected chi connectivity index (χ3v) is 15.4. The van der Waals surface area contributed by atoms with E-state index >= 15 is 0 Å². The summed E-state index contributed by atoms with van der Waals surface area (Å²) in [4.78, 5) is 14.3. The quantitative estimate of drug-likeness (QED) is 0.137. The highest BCUT2D eigenvalue weighted by Crippen LogP contribution is 2.75. The normalized spacial score (nSPS) is 43.2. The highest BCUT2D eigenvalue weighted by atomic mass is 16.3. The number of hydrogen-bond donors (Lipinski definition) is 4. The lowest BCUT2D eigenvalue weighted by Gasteiger charge is -2.71. The van der Waals surface area contributed by atoms with Crippen LogP contribution >= 0.6 is 0 Å². The highest BCUT2D eigenvalue weighted by molar-refractivity contribution is 5.84. The van der Waals surface area contributed by atoms with E-state index in [9.17, 15) is 15.0 Å². The average Bonchev–Trinajstić information content (AvgIpc) is 2.97. The summed E-state index contributed by atoms with van der Waals surface area (Å²) in [5.74, 6) is 1.52. The monoisotopic (exact) mass is 627 g/mol. The number of fused-ring (bicyclic) bond motifs is 7. The number of unbranched alkanes of at least 4 members (excludes halogenated alkanes) is 7. The van der Waals surface area contributed by atoms with Gasteiger partial charge >= 0.3 is 0 Å². The molecule has 5 heteroatoms. The van der Waals surface area contributed by atoms with Crippen molar-refractivity contribution in [3.8, 4) is 0 Å². The Morgan fingerprint density at radius 3 is 2.11 bits per heavy atom. The van der Waals surface area contributed by atoms with Gasteiger partial charge in [0.2, 0.25) is 5.91 Å². The van der Waals surface area contributed by atoms with E-state index < -0.39 is 12.2 Å². The Balaban J connectivity index is 1.33. The van der Waals surface area contributed by atoms with Gasteiger partial charge in [-0.25, -0.2) is 0 Å². The number of aliphatic hydroxyl groups is 2. The van der Waals surface area contributed by atoms with Crippen molar-refractivity contribution in [3.05, 3.63) is 11.6 Å². The smallest absolute Gasteiger partial charge is 0.226 e. The van der Waals surface area contributed by atoms with E-state index in [1.165, 1.54) is 44.9 Å². The van der Waals surface area contributed by atoms with Gasteiger partial charge in [0.25, 0.3) is 0 Å². The maximum absolute atomic E-state index is 14.3. The second kappa shape index (κ2) is 12.8. The molecule has 0 aromatic rings. The molecule has 5 rings (SSSR count). The molecule has 0 unspecified atom stereocenters. The molecule has 4 saturated carbocycles. The van der Waals surface area contributed by atoms with Crippen LogP contribution in [0.4, 0.5) is 0 Å². The number of nitrogens with one attached hydrogen (secondary N) is 1. The molecule has 0 saturated heterocycles. The first-order valence-electron chi connectivity index (χ1n) is 19.1. The van der Waals surface area contributed by atoms with Crippen LogP contribution in [-0.2, 0) is 4.79 Å². The fourth-order valence-electron chi connectivity index (χ4n) is 12.5. The number of hydrogen-bond acceptors (Lipinski definition) is 4. The first-order valence-corrected chi connectivity index (χ1v) is 19.1. The molecule has 0 radical (unpaired) electrons. The van der Waals surface area contributed by atoms with Crippen molar-refractivity contribution in [2.24, 2.45) is 56.0 Å². The fourth-order valence-corrected chi connectivity index (χ4v) is 12.5. The van der Waals surface area contributed by atoms with Gasteiger partial charge in [0.15, 0.2) is 0 Å². The minimum Gasteiger partial charge on any atom is -0.390 e.